The van der Waals surface area contributed by atoms with Crippen LogP contribution < -0.4 is 5.43 Å². The number of carbonyl (C=O) groups excluding carboxylic acids is 1. The van der Waals surface area contributed by atoms with Crippen molar-refractivity contribution in [3.8, 4) is 0 Å². The monoisotopic (exact) mass is 312 g/mol. The molecule has 2 heterocycles. The molecular weight excluding hydrogens is 299 g/mol. The van der Waals surface area contributed by atoms with Gasteiger partial charge in [-0.2, -0.15) is 19.7 Å². The summed E-state index contributed by atoms with van der Waals surface area (Å²) in [5.41, 5.74) is 3.04. The van der Waals surface area contributed by atoms with Crippen LogP contribution in [0.3, 0.4) is 0 Å². The maximum atomic E-state index is 13.6. The molecule has 2 rings (SSSR count). The topological polar surface area (TPSA) is 77.1 Å². The molecule has 2 aromatic rings. The Labute approximate surface area is 125 Å². The number of aryl methyl sites for hydroxylation is 2. The van der Waals surface area contributed by atoms with Gasteiger partial charge in [-0.3, -0.25) is 9.48 Å². The van der Waals surface area contributed by atoms with Crippen LogP contribution in [0.15, 0.2) is 17.5 Å². The Morgan fingerprint density at radius 2 is 2.33 bits per heavy atom. The van der Waals surface area contributed by atoms with Crippen LogP contribution in [0, 0.1) is 12.9 Å². The van der Waals surface area contributed by atoms with Gasteiger partial charge in [0.15, 0.2) is 0 Å². The number of aromatic nitrogens is 4. The summed E-state index contributed by atoms with van der Waals surface area (Å²) in [7, 11) is 1.49. The molecule has 0 radical (unpaired) electrons. The predicted octanol–water partition coefficient (Wildman–Crippen LogP) is 1.43. The Bertz CT molecular complexity index is 692. The van der Waals surface area contributed by atoms with E-state index in [1.807, 2.05) is 0 Å². The average molecular weight is 313 g/mol. The number of nitrogens with zero attached hydrogens (tertiary/aromatic N) is 5. The molecule has 112 valence electrons. The lowest BCUT2D eigenvalue weighted by molar-refractivity contribution is -0.124. The van der Waals surface area contributed by atoms with Crippen molar-refractivity contribution in [3.05, 3.63) is 34.6 Å². The molecule has 7 nitrogen and oxygen atoms in total. The number of hydrogen-bond donors (Lipinski definition) is 1. The minimum absolute atomic E-state index is 0.229. The summed E-state index contributed by atoms with van der Waals surface area (Å²) in [4.78, 5) is 11.9. The fourth-order valence-electron chi connectivity index (χ4n) is 1.69. The van der Waals surface area contributed by atoms with Gasteiger partial charge in [-0.15, -0.1) is 0 Å². The standard InChI is InChI=1S/C12H14ClFN6O/c1-7-10(11(14)19(3)18-7)5-15-17-12(21)8(2)20-6-9(13)4-16-20/h4-6,8H,1-3H3,(H,17,21)/b15-5-/t8-/m0/s1. The van der Waals surface area contributed by atoms with E-state index in [9.17, 15) is 9.18 Å². The van der Waals surface area contributed by atoms with Crippen LogP contribution in [0.5, 0.6) is 0 Å². The molecule has 2 aromatic heterocycles. The highest BCUT2D eigenvalue weighted by Crippen LogP contribution is 2.11. The van der Waals surface area contributed by atoms with E-state index < -0.39 is 17.9 Å². The third-order valence-electron chi connectivity index (χ3n) is 2.91. The van der Waals surface area contributed by atoms with Crippen molar-refractivity contribution < 1.29 is 9.18 Å². The quantitative estimate of drug-likeness (QED) is 0.685. The molecule has 0 spiro atoms. The zero-order chi connectivity index (χ0) is 15.6. The molecule has 0 aromatic carbocycles. The van der Waals surface area contributed by atoms with Gasteiger partial charge in [0, 0.05) is 13.2 Å². The number of carbonyl (C=O) groups is 1. The first-order valence-electron chi connectivity index (χ1n) is 6.11. The van der Waals surface area contributed by atoms with Crippen LogP contribution in [-0.4, -0.2) is 31.7 Å². The first kappa shape index (κ1) is 15.2. The number of hydrogen-bond acceptors (Lipinski definition) is 4. The number of amides is 1. The predicted molar refractivity (Wildman–Crippen MR) is 75.6 cm³/mol. The zero-order valence-electron chi connectivity index (χ0n) is 11.7. The lowest BCUT2D eigenvalue weighted by Gasteiger charge is -2.09. The van der Waals surface area contributed by atoms with Gasteiger partial charge < -0.3 is 0 Å². The normalized spacial score (nSPS) is 12.8. The van der Waals surface area contributed by atoms with E-state index in [-0.39, 0.29) is 5.56 Å². The number of halogens is 2. The van der Waals surface area contributed by atoms with Crippen LogP contribution in [0.2, 0.25) is 5.02 Å². The molecule has 0 aliphatic rings. The molecule has 0 unspecified atom stereocenters. The Kier molecular flexibility index (Phi) is 4.37. The highest BCUT2D eigenvalue weighted by molar-refractivity contribution is 6.30. The Morgan fingerprint density at radius 1 is 1.62 bits per heavy atom. The van der Waals surface area contributed by atoms with Crippen LogP contribution in [0.4, 0.5) is 4.39 Å². The summed E-state index contributed by atoms with van der Waals surface area (Å²) in [6.07, 6.45) is 4.18. The maximum Gasteiger partial charge on any atom is 0.264 e. The third kappa shape index (κ3) is 3.27. The highest BCUT2D eigenvalue weighted by atomic mass is 35.5. The molecular formula is C12H14ClFN6O. The van der Waals surface area contributed by atoms with Gasteiger partial charge in [0.25, 0.3) is 5.91 Å². The largest absolute Gasteiger partial charge is 0.271 e. The van der Waals surface area contributed by atoms with Crippen molar-refractivity contribution in [2.75, 3.05) is 0 Å². The number of hydrazone groups is 1. The van der Waals surface area contributed by atoms with Gasteiger partial charge in [-0.1, -0.05) is 11.6 Å². The lowest BCUT2D eigenvalue weighted by Crippen LogP contribution is -2.27. The molecule has 0 bridgehead atoms. The minimum Gasteiger partial charge on any atom is -0.271 e. The van der Waals surface area contributed by atoms with Crippen molar-refractivity contribution >= 4 is 23.7 Å². The van der Waals surface area contributed by atoms with Crippen molar-refractivity contribution in [1.29, 1.82) is 0 Å². The molecule has 1 N–H and O–H groups in total. The molecule has 0 saturated carbocycles. The summed E-state index contributed by atoms with van der Waals surface area (Å²) in [6, 6.07) is -0.588. The fourth-order valence-corrected chi connectivity index (χ4v) is 1.84. The van der Waals surface area contributed by atoms with Crippen LogP contribution in [0.25, 0.3) is 0 Å². The van der Waals surface area contributed by atoms with E-state index >= 15 is 0 Å². The van der Waals surface area contributed by atoms with Gasteiger partial charge in [0.1, 0.15) is 6.04 Å². The highest BCUT2D eigenvalue weighted by Gasteiger charge is 2.15. The number of rotatable bonds is 4. The SMILES string of the molecule is Cc1nn(C)c(F)c1/C=N\NC(=O)[C@H](C)n1cc(Cl)cn1. The van der Waals surface area contributed by atoms with E-state index in [4.69, 9.17) is 11.6 Å². The second-order valence-electron chi connectivity index (χ2n) is 4.46. The van der Waals surface area contributed by atoms with Crippen molar-refractivity contribution in [2.45, 2.75) is 19.9 Å². The zero-order valence-corrected chi connectivity index (χ0v) is 12.5. The van der Waals surface area contributed by atoms with Crippen molar-refractivity contribution in [2.24, 2.45) is 12.1 Å². The Balaban J connectivity index is 2.02. The van der Waals surface area contributed by atoms with Crippen LogP contribution in [-0.2, 0) is 11.8 Å². The van der Waals surface area contributed by atoms with E-state index in [1.54, 1.807) is 13.8 Å². The Morgan fingerprint density at radius 3 is 2.86 bits per heavy atom. The first-order chi connectivity index (χ1) is 9.90. The van der Waals surface area contributed by atoms with E-state index in [1.165, 1.54) is 30.3 Å². The van der Waals surface area contributed by atoms with Gasteiger partial charge in [-0.05, 0) is 13.8 Å². The van der Waals surface area contributed by atoms with E-state index in [0.29, 0.717) is 10.7 Å². The average Bonchev–Trinajstić information content (AvgIpc) is 2.96. The fraction of sp³-hybridized carbons (Fsp3) is 0.333. The van der Waals surface area contributed by atoms with Crippen LogP contribution >= 0.6 is 11.6 Å². The summed E-state index contributed by atoms with van der Waals surface area (Å²) < 4.78 is 16.2. The van der Waals surface area contributed by atoms with Gasteiger partial charge in [-0.25, -0.2) is 10.1 Å². The maximum absolute atomic E-state index is 13.6. The molecule has 1 atom stereocenters. The van der Waals surface area contributed by atoms with Crippen LogP contribution in [0.1, 0.15) is 24.2 Å². The molecule has 9 heteroatoms. The van der Waals surface area contributed by atoms with E-state index in [0.717, 1.165) is 4.68 Å². The molecule has 1 amide bonds. The van der Waals surface area contributed by atoms with Gasteiger partial charge in [0.05, 0.1) is 28.7 Å². The number of nitrogens with one attached hydrogen (secondary N) is 1. The second kappa shape index (κ2) is 6.04. The third-order valence-corrected chi connectivity index (χ3v) is 3.11. The molecule has 0 aliphatic heterocycles. The summed E-state index contributed by atoms with van der Waals surface area (Å²) in [5, 5.41) is 12.0. The molecule has 0 saturated heterocycles. The summed E-state index contributed by atoms with van der Waals surface area (Å²) >= 11 is 5.74. The molecule has 0 fully saturated rings. The Hall–Kier alpha value is -2.22. The molecule has 21 heavy (non-hydrogen) atoms. The van der Waals surface area contributed by atoms with Crippen molar-refractivity contribution in [3.63, 3.8) is 0 Å². The van der Waals surface area contributed by atoms with Gasteiger partial charge >= 0.3 is 0 Å². The smallest absolute Gasteiger partial charge is 0.264 e. The first-order valence-corrected chi connectivity index (χ1v) is 6.49. The van der Waals surface area contributed by atoms with E-state index in [2.05, 4.69) is 20.7 Å². The summed E-state index contributed by atoms with van der Waals surface area (Å²) in [6.45, 7) is 3.30. The molecule has 0 aliphatic carbocycles. The second-order valence-corrected chi connectivity index (χ2v) is 4.90. The summed E-state index contributed by atoms with van der Waals surface area (Å²) in [5.74, 6) is -0.912. The lowest BCUT2D eigenvalue weighted by atomic mass is 10.3. The minimum atomic E-state index is -0.588. The van der Waals surface area contributed by atoms with Gasteiger partial charge in [0.2, 0.25) is 5.95 Å². The van der Waals surface area contributed by atoms with Crippen molar-refractivity contribution in [1.82, 2.24) is 25.0 Å².